The lowest BCUT2D eigenvalue weighted by atomic mass is 10.2. The first-order valence-electron chi connectivity index (χ1n) is 9.18. The normalized spacial score (nSPS) is 17.6. The molecule has 10 heteroatoms. The number of nitrogens with one attached hydrogen (secondary N) is 1. The van der Waals surface area contributed by atoms with E-state index in [0.717, 1.165) is 25.4 Å². The molecule has 1 amide bonds. The van der Waals surface area contributed by atoms with Gasteiger partial charge in [0, 0.05) is 26.2 Å². The van der Waals surface area contributed by atoms with Crippen LogP contribution in [-0.4, -0.2) is 86.1 Å². The van der Waals surface area contributed by atoms with Gasteiger partial charge in [0.05, 0.1) is 29.1 Å². The Labute approximate surface area is 171 Å². The number of fused-ring (bicyclic) bond motifs is 1. The highest BCUT2D eigenvalue weighted by atomic mass is 35.5. The van der Waals surface area contributed by atoms with Crippen molar-refractivity contribution in [3.8, 4) is 0 Å². The summed E-state index contributed by atoms with van der Waals surface area (Å²) < 4.78 is 37.6. The van der Waals surface area contributed by atoms with Crippen molar-refractivity contribution < 1.29 is 27.8 Å². The van der Waals surface area contributed by atoms with Crippen molar-refractivity contribution in [3.63, 3.8) is 0 Å². The summed E-state index contributed by atoms with van der Waals surface area (Å²) in [7, 11) is 1.97. The van der Waals surface area contributed by atoms with E-state index in [-0.39, 0.29) is 28.8 Å². The highest BCUT2D eigenvalue weighted by Gasteiger charge is 2.27. The van der Waals surface area contributed by atoms with Crippen molar-refractivity contribution in [2.24, 2.45) is 0 Å². The molecule has 0 spiro atoms. The van der Waals surface area contributed by atoms with Gasteiger partial charge in [-0.1, -0.05) is 11.6 Å². The number of carbonyl (C=O) groups excluding carboxylic acids is 2. The van der Waals surface area contributed by atoms with E-state index in [0.29, 0.717) is 31.8 Å². The number of aromatic amines is 1. The van der Waals surface area contributed by atoms with Gasteiger partial charge in [-0.15, -0.1) is 0 Å². The maximum Gasteiger partial charge on any atom is 0.273 e. The molecule has 2 aromatic rings. The van der Waals surface area contributed by atoms with E-state index in [9.17, 15) is 18.4 Å². The molecule has 0 atom stereocenters. The van der Waals surface area contributed by atoms with E-state index in [1.165, 1.54) is 6.07 Å². The maximum absolute atomic E-state index is 14.4. The van der Waals surface area contributed by atoms with Crippen molar-refractivity contribution >= 4 is 34.7 Å². The Hall–Kier alpha value is -2.07. The molecule has 4 rings (SSSR count). The summed E-state index contributed by atoms with van der Waals surface area (Å²) in [5.74, 6) is -1.92. The highest BCUT2D eigenvalue weighted by Crippen LogP contribution is 2.30. The average molecular weight is 430 g/mol. The van der Waals surface area contributed by atoms with Crippen LogP contribution in [0.15, 0.2) is 12.1 Å². The van der Waals surface area contributed by atoms with Crippen LogP contribution in [0.25, 0.3) is 10.9 Å². The van der Waals surface area contributed by atoms with Crippen molar-refractivity contribution in [2.75, 3.05) is 53.0 Å². The molecule has 0 unspecified atom stereocenters. The summed E-state index contributed by atoms with van der Waals surface area (Å²) in [5.41, 5.74) is 0.151. The number of hydrogen-bond donors (Lipinski definition) is 1. The SMILES string of the molecule is CN1CCN(C(=O)c2[nH]c3ccc(F)c(Cl)c3c2F)CC1.O=CCOC1COC1. The average Bonchev–Trinajstić information content (AvgIpc) is 3.01. The van der Waals surface area contributed by atoms with E-state index in [1.54, 1.807) is 4.90 Å². The van der Waals surface area contributed by atoms with Crippen molar-refractivity contribution in [1.29, 1.82) is 0 Å². The second-order valence-corrected chi connectivity index (χ2v) is 7.23. The molecule has 0 aliphatic carbocycles. The first kappa shape index (κ1) is 21.6. The minimum atomic E-state index is -0.793. The Morgan fingerprint density at radius 2 is 2.00 bits per heavy atom. The van der Waals surface area contributed by atoms with Crippen LogP contribution in [0.2, 0.25) is 5.02 Å². The number of nitrogens with zero attached hydrogens (tertiary/aromatic N) is 2. The molecule has 1 aromatic heterocycles. The highest BCUT2D eigenvalue weighted by molar-refractivity contribution is 6.35. The molecule has 2 fully saturated rings. The number of piperazine rings is 1. The molecule has 1 aromatic carbocycles. The zero-order chi connectivity index (χ0) is 21.0. The number of benzene rings is 1. The molecule has 2 aliphatic rings. The molecular weight excluding hydrogens is 408 g/mol. The number of rotatable bonds is 4. The summed E-state index contributed by atoms with van der Waals surface area (Å²) >= 11 is 5.79. The van der Waals surface area contributed by atoms with Crippen LogP contribution >= 0.6 is 11.6 Å². The summed E-state index contributed by atoms with van der Waals surface area (Å²) in [6.45, 7) is 4.04. The van der Waals surface area contributed by atoms with Crippen LogP contribution in [0, 0.1) is 11.6 Å². The molecule has 158 valence electrons. The second-order valence-electron chi connectivity index (χ2n) is 6.85. The number of ether oxygens (including phenoxy) is 2. The van der Waals surface area contributed by atoms with Crippen molar-refractivity contribution in [2.45, 2.75) is 6.10 Å². The van der Waals surface area contributed by atoms with E-state index < -0.39 is 17.5 Å². The smallest absolute Gasteiger partial charge is 0.273 e. The van der Waals surface area contributed by atoms with Gasteiger partial charge in [-0.2, -0.15) is 0 Å². The number of H-pyrrole nitrogens is 1. The zero-order valence-corrected chi connectivity index (χ0v) is 16.7. The summed E-state index contributed by atoms with van der Waals surface area (Å²) in [6.07, 6.45) is 0.929. The number of halogens is 3. The van der Waals surface area contributed by atoms with Gasteiger partial charge >= 0.3 is 0 Å². The second kappa shape index (κ2) is 9.62. The van der Waals surface area contributed by atoms with Gasteiger partial charge < -0.3 is 29.1 Å². The van der Waals surface area contributed by atoms with Gasteiger partial charge in [0.2, 0.25) is 0 Å². The third-order valence-corrected chi connectivity index (χ3v) is 5.17. The van der Waals surface area contributed by atoms with Gasteiger partial charge in [0.15, 0.2) is 5.82 Å². The lowest BCUT2D eigenvalue weighted by molar-refractivity contribution is -0.139. The zero-order valence-electron chi connectivity index (χ0n) is 15.9. The van der Waals surface area contributed by atoms with E-state index in [4.69, 9.17) is 21.1 Å². The topological polar surface area (TPSA) is 74.9 Å². The monoisotopic (exact) mass is 429 g/mol. The fourth-order valence-electron chi connectivity index (χ4n) is 2.98. The van der Waals surface area contributed by atoms with Gasteiger partial charge in [-0.05, 0) is 19.2 Å². The molecule has 2 saturated heterocycles. The molecule has 0 radical (unpaired) electrons. The molecule has 7 nitrogen and oxygen atoms in total. The predicted octanol–water partition coefficient (Wildman–Crippen LogP) is 2.09. The lowest BCUT2D eigenvalue weighted by Crippen LogP contribution is -2.47. The third-order valence-electron chi connectivity index (χ3n) is 4.81. The standard InChI is InChI=1S/C14H14ClF2N3O.C5H8O3/c1-19-4-6-20(7-5-19)14(21)13-12(17)10-9(18-13)3-2-8(16)11(10)15;6-1-2-8-5-3-7-4-5/h2-3,18H,4-7H2,1H3;1,5H,2-4H2. The number of carbonyl (C=O) groups is 2. The van der Waals surface area contributed by atoms with Crippen molar-refractivity contribution in [3.05, 3.63) is 34.5 Å². The fourth-order valence-corrected chi connectivity index (χ4v) is 3.23. The maximum atomic E-state index is 14.4. The number of aldehydes is 1. The van der Waals surface area contributed by atoms with Crippen LogP contribution in [0.1, 0.15) is 10.5 Å². The Kier molecular flexibility index (Phi) is 7.18. The lowest BCUT2D eigenvalue weighted by Gasteiger charge is -2.32. The molecule has 2 aliphatic heterocycles. The van der Waals surface area contributed by atoms with Gasteiger partial charge in [-0.3, -0.25) is 4.79 Å². The van der Waals surface area contributed by atoms with Crippen LogP contribution in [0.4, 0.5) is 8.78 Å². The number of hydrogen-bond acceptors (Lipinski definition) is 5. The minimum Gasteiger partial charge on any atom is -0.376 e. The number of amides is 1. The van der Waals surface area contributed by atoms with Crippen LogP contribution in [-0.2, 0) is 14.3 Å². The van der Waals surface area contributed by atoms with E-state index in [1.807, 2.05) is 7.05 Å². The Morgan fingerprint density at radius 3 is 2.59 bits per heavy atom. The molecule has 1 N–H and O–H groups in total. The van der Waals surface area contributed by atoms with E-state index >= 15 is 0 Å². The molecule has 0 saturated carbocycles. The van der Waals surface area contributed by atoms with Gasteiger partial charge in [0.1, 0.15) is 30.5 Å². The Morgan fingerprint density at radius 1 is 1.31 bits per heavy atom. The summed E-state index contributed by atoms with van der Waals surface area (Å²) in [5, 5.41) is -0.382. The third kappa shape index (κ3) is 4.92. The molecule has 3 heterocycles. The number of aromatic nitrogens is 1. The predicted molar refractivity (Wildman–Crippen MR) is 103 cm³/mol. The van der Waals surface area contributed by atoms with E-state index in [2.05, 4.69) is 9.88 Å². The number of likely N-dealkylation sites (N-methyl/N-ethyl adjacent to an activating group) is 1. The summed E-state index contributed by atoms with van der Waals surface area (Å²) in [6, 6.07) is 2.52. The van der Waals surface area contributed by atoms with Crippen molar-refractivity contribution in [1.82, 2.24) is 14.8 Å². The largest absolute Gasteiger partial charge is 0.376 e. The fraction of sp³-hybridized carbons (Fsp3) is 0.474. The minimum absolute atomic E-state index is 0.0749. The Balaban J connectivity index is 0.000000252. The van der Waals surface area contributed by atoms with Gasteiger partial charge in [-0.25, -0.2) is 8.78 Å². The first-order valence-corrected chi connectivity index (χ1v) is 9.56. The van der Waals surface area contributed by atoms with Crippen LogP contribution in [0.3, 0.4) is 0 Å². The first-order chi connectivity index (χ1) is 13.9. The molecular formula is C19H22ClF2N3O4. The molecule has 29 heavy (non-hydrogen) atoms. The van der Waals surface area contributed by atoms with Gasteiger partial charge in [0.25, 0.3) is 5.91 Å². The van der Waals surface area contributed by atoms with Crippen LogP contribution in [0.5, 0.6) is 0 Å². The summed E-state index contributed by atoms with van der Waals surface area (Å²) in [4.78, 5) is 28.5. The molecule has 0 bridgehead atoms. The quantitative estimate of drug-likeness (QED) is 0.753. The Bertz CT molecular complexity index is 880. The van der Waals surface area contributed by atoms with Crippen LogP contribution < -0.4 is 0 Å².